The lowest BCUT2D eigenvalue weighted by molar-refractivity contribution is -0.120. The molecule has 15 heavy (non-hydrogen) atoms. The van der Waals surface area contributed by atoms with Gasteiger partial charge in [0.1, 0.15) is 5.75 Å². The van der Waals surface area contributed by atoms with Crippen molar-refractivity contribution in [3.63, 3.8) is 0 Å². The molecule has 0 spiro atoms. The van der Waals surface area contributed by atoms with Crippen LogP contribution in [0, 0.1) is 6.07 Å². The molecule has 0 amide bonds. The first-order valence-corrected chi connectivity index (χ1v) is 4.58. The normalized spacial score (nSPS) is 9.60. The zero-order chi connectivity index (χ0) is 10.5. The highest BCUT2D eigenvalue weighted by Gasteiger charge is 2.04. The van der Waals surface area contributed by atoms with E-state index in [0.717, 1.165) is 11.1 Å². The largest absolute Gasteiger partial charge is 0.427 e. The third-order valence-electron chi connectivity index (χ3n) is 2.07. The second kappa shape index (κ2) is 4.42. The molecule has 1 radical (unpaired) electrons. The van der Waals surface area contributed by atoms with E-state index in [1.54, 1.807) is 6.07 Å². The molecule has 2 rings (SSSR count). The predicted octanol–water partition coefficient (Wildman–Crippen LogP) is 2.69. The van der Waals surface area contributed by atoms with Crippen LogP contribution < -0.4 is 4.74 Å². The summed E-state index contributed by atoms with van der Waals surface area (Å²) in [5, 5.41) is 0. The van der Waals surface area contributed by atoms with Gasteiger partial charge in [-0.15, -0.1) is 0 Å². The smallest absolute Gasteiger partial charge is 0.298 e. The van der Waals surface area contributed by atoms with Crippen LogP contribution in [0.4, 0.5) is 0 Å². The standard InChI is InChI=1S/C13H9O2/c14-10-15-13-9-5-4-8-12(13)11-6-2-1-3-7-11/h1-8,10H. The van der Waals surface area contributed by atoms with Gasteiger partial charge in [-0.25, -0.2) is 0 Å². The summed E-state index contributed by atoms with van der Waals surface area (Å²) in [7, 11) is 0. The molecule has 2 heteroatoms. The summed E-state index contributed by atoms with van der Waals surface area (Å²) in [6.45, 7) is 0.415. The second-order valence-corrected chi connectivity index (χ2v) is 2.99. The van der Waals surface area contributed by atoms with Crippen molar-refractivity contribution in [2.45, 2.75) is 0 Å². The average molecular weight is 197 g/mol. The molecular weight excluding hydrogens is 188 g/mol. The maximum absolute atomic E-state index is 10.3. The Labute approximate surface area is 88.1 Å². The highest BCUT2D eigenvalue weighted by molar-refractivity contribution is 5.71. The van der Waals surface area contributed by atoms with Gasteiger partial charge in [-0.1, -0.05) is 48.5 Å². The van der Waals surface area contributed by atoms with E-state index in [2.05, 4.69) is 6.07 Å². The summed E-state index contributed by atoms with van der Waals surface area (Å²) in [5.74, 6) is 0.457. The molecule has 0 aliphatic carbocycles. The first-order chi connectivity index (χ1) is 7.42. The van der Waals surface area contributed by atoms with Gasteiger partial charge in [0.25, 0.3) is 6.47 Å². The molecule has 0 heterocycles. The number of carbonyl (C=O) groups excluding carboxylic acids is 1. The van der Waals surface area contributed by atoms with Crippen LogP contribution in [0.25, 0.3) is 11.1 Å². The molecule has 0 N–H and O–H groups in total. The molecule has 0 bridgehead atoms. The van der Waals surface area contributed by atoms with E-state index in [0.29, 0.717) is 12.2 Å². The molecule has 0 aromatic heterocycles. The Bertz CT molecular complexity index is 449. The van der Waals surface area contributed by atoms with Crippen molar-refractivity contribution in [3.05, 3.63) is 54.6 Å². The minimum Gasteiger partial charge on any atom is -0.427 e. The van der Waals surface area contributed by atoms with Gasteiger partial charge in [-0.3, -0.25) is 4.79 Å². The molecule has 73 valence electrons. The Balaban J connectivity index is 2.48. The van der Waals surface area contributed by atoms with Crippen LogP contribution in [-0.4, -0.2) is 6.47 Å². The lowest BCUT2D eigenvalue weighted by atomic mass is 10.1. The predicted molar refractivity (Wildman–Crippen MR) is 57.4 cm³/mol. The third kappa shape index (κ3) is 2.05. The number of para-hydroxylation sites is 1. The topological polar surface area (TPSA) is 26.3 Å². The van der Waals surface area contributed by atoms with Crippen molar-refractivity contribution < 1.29 is 9.53 Å². The molecule has 0 atom stereocenters. The minimum atomic E-state index is 0.415. The van der Waals surface area contributed by atoms with E-state index in [-0.39, 0.29) is 0 Å². The van der Waals surface area contributed by atoms with Crippen LogP contribution in [0.3, 0.4) is 0 Å². The summed E-state index contributed by atoms with van der Waals surface area (Å²) >= 11 is 0. The highest BCUT2D eigenvalue weighted by atomic mass is 16.5. The average Bonchev–Trinajstić information content (AvgIpc) is 2.31. The van der Waals surface area contributed by atoms with Crippen molar-refractivity contribution in [2.24, 2.45) is 0 Å². The van der Waals surface area contributed by atoms with Crippen LogP contribution in [0.15, 0.2) is 48.5 Å². The van der Waals surface area contributed by atoms with Gasteiger partial charge in [0, 0.05) is 11.6 Å². The Hall–Kier alpha value is -2.09. The maximum Gasteiger partial charge on any atom is 0.298 e. The summed E-state index contributed by atoms with van der Waals surface area (Å²) in [6, 6.07) is 18.1. The maximum atomic E-state index is 10.3. The van der Waals surface area contributed by atoms with Gasteiger partial charge < -0.3 is 4.74 Å². The second-order valence-electron chi connectivity index (χ2n) is 2.99. The highest BCUT2D eigenvalue weighted by Crippen LogP contribution is 2.28. The van der Waals surface area contributed by atoms with Gasteiger partial charge in [-0.2, -0.15) is 0 Å². The van der Waals surface area contributed by atoms with E-state index in [1.807, 2.05) is 42.5 Å². The molecule has 0 aliphatic rings. The van der Waals surface area contributed by atoms with Crippen LogP contribution in [0.2, 0.25) is 0 Å². The first-order valence-electron chi connectivity index (χ1n) is 4.58. The van der Waals surface area contributed by atoms with Gasteiger partial charge in [-0.05, 0) is 5.56 Å². The zero-order valence-electron chi connectivity index (χ0n) is 8.01. The lowest BCUT2D eigenvalue weighted by Crippen LogP contribution is -1.91. The molecular formula is C13H9O2. The Kier molecular flexibility index (Phi) is 2.79. The number of benzene rings is 2. The van der Waals surface area contributed by atoms with E-state index >= 15 is 0 Å². The Morgan fingerprint density at radius 1 is 1.07 bits per heavy atom. The van der Waals surface area contributed by atoms with Gasteiger partial charge >= 0.3 is 0 Å². The van der Waals surface area contributed by atoms with Crippen LogP contribution in [0.5, 0.6) is 5.75 Å². The summed E-state index contributed by atoms with van der Waals surface area (Å²) < 4.78 is 4.86. The number of hydrogen-bond donors (Lipinski definition) is 0. The zero-order valence-corrected chi connectivity index (χ0v) is 8.01. The number of ether oxygens (including phenoxy) is 1. The molecule has 2 aromatic carbocycles. The van der Waals surface area contributed by atoms with Crippen molar-refractivity contribution >= 4 is 6.47 Å². The summed E-state index contributed by atoms with van der Waals surface area (Å²) in [4.78, 5) is 10.3. The first kappa shape index (κ1) is 9.46. The Morgan fingerprint density at radius 2 is 1.87 bits per heavy atom. The van der Waals surface area contributed by atoms with Crippen molar-refractivity contribution in [2.75, 3.05) is 0 Å². The molecule has 0 fully saturated rings. The fourth-order valence-electron chi connectivity index (χ4n) is 1.41. The van der Waals surface area contributed by atoms with E-state index in [4.69, 9.17) is 4.74 Å². The van der Waals surface area contributed by atoms with Crippen LogP contribution in [0.1, 0.15) is 0 Å². The molecule has 2 nitrogen and oxygen atoms in total. The molecule has 2 aromatic rings. The lowest BCUT2D eigenvalue weighted by Gasteiger charge is -2.05. The monoisotopic (exact) mass is 197 g/mol. The van der Waals surface area contributed by atoms with E-state index in [9.17, 15) is 4.79 Å². The van der Waals surface area contributed by atoms with Gasteiger partial charge in [0.15, 0.2) is 0 Å². The van der Waals surface area contributed by atoms with Crippen LogP contribution in [-0.2, 0) is 4.79 Å². The van der Waals surface area contributed by atoms with Crippen molar-refractivity contribution in [1.29, 1.82) is 0 Å². The number of carbonyl (C=O) groups is 1. The third-order valence-corrected chi connectivity index (χ3v) is 2.07. The minimum absolute atomic E-state index is 0.415. The number of hydrogen-bond acceptors (Lipinski definition) is 2. The number of rotatable bonds is 3. The fourth-order valence-corrected chi connectivity index (χ4v) is 1.41. The summed E-state index contributed by atoms with van der Waals surface area (Å²) in [5.41, 5.74) is 1.87. The van der Waals surface area contributed by atoms with E-state index < -0.39 is 0 Å². The summed E-state index contributed by atoms with van der Waals surface area (Å²) in [6.07, 6.45) is 0. The Morgan fingerprint density at radius 3 is 2.60 bits per heavy atom. The van der Waals surface area contributed by atoms with Crippen molar-refractivity contribution in [3.8, 4) is 16.9 Å². The van der Waals surface area contributed by atoms with Gasteiger partial charge in [0.2, 0.25) is 0 Å². The van der Waals surface area contributed by atoms with Gasteiger partial charge in [0.05, 0.1) is 0 Å². The van der Waals surface area contributed by atoms with E-state index in [1.165, 1.54) is 0 Å². The fraction of sp³-hybridized carbons (Fsp3) is 0. The quantitative estimate of drug-likeness (QED) is 0.707. The molecule has 0 unspecified atom stereocenters. The molecule has 0 saturated carbocycles. The SMILES string of the molecule is O=COc1[c]cccc1-c1ccccc1. The van der Waals surface area contributed by atoms with Crippen molar-refractivity contribution in [1.82, 2.24) is 0 Å². The molecule has 0 aliphatic heterocycles. The van der Waals surface area contributed by atoms with Crippen LogP contribution >= 0.6 is 0 Å². The molecule has 0 saturated heterocycles.